The Morgan fingerprint density at radius 1 is 1.32 bits per heavy atom. The number of benzene rings is 1. The van der Waals surface area contributed by atoms with Gasteiger partial charge in [-0.05, 0) is 37.1 Å². The highest BCUT2D eigenvalue weighted by molar-refractivity contribution is 7.21. The van der Waals surface area contributed by atoms with Crippen LogP contribution in [0.4, 0.5) is 15.8 Å². The SMILES string of the molecule is Cc1ccc2c(N)c(C(=O)N[C@H]3COc4cc(N5C[C@H](N)[C@@H](F)C5)ccc4C3)sc2n1. The molecular weight excluding hydrogens is 417 g/mol. The van der Waals surface area contributed by atoms with Gasteiger partial charge >= 0.3 is 0 Å². The maximum Gasteiger partial charge on any atom is 0.263 e. The van der Waals surface area contributed by atoms with Crippen molar-refractivity contribution in [3.8, 4) is 5.75 Å². The molecule has 2 aliphatic heterocycles. The average Bonchev–Trinajstić information content (AvgIpc) is 3.26. The topological polar surface area (TPSA) is 106 Å². The number of anilines is 2. The number of hydrogen-bond acceptors (Lipinski definition) is 7. The van der Waals surface area contributed by atoms with Gasteiger partial charge in [0.1, 0.15) is 28.2 Å². The number of thiophene rings is 1. The van der Waals surface area contributed by atoms with Gasteiger partial charge in [0.15, 0.2) is 0 Å². The van der Waals surface area contributed by atoms with Gasteiger partial charge in [-0.15, -0.1) is 11.3 Å². The number of nitrogen functional groups attached to an aromatic ring is 1. The number of aromatic nitrogens is 1. The summed E-state index contributed by atoms with van der Waals surface area (Å²) in [6.07, 6.45) is -0.369. The number of carbonyl (C=O) groups is 1. The number of fused-ring (bicyclic) bond motifs is 2. The van der Waals surface area contributed by atoms with Crippen LogP contribution in [0.15, 0.2) is 30.3 Å². The number of nitrogens with one attached hydrogen (secondary N) is 1. The van der Waals surface area contributed by atoms with Crippen molar-refractivity contribution in [1.29, 1.82) is 0 Å². The Labute approximate surface area is 183 Å². The number of pyridine rings is 1. The Balaban J connectivity index is 1.29. The smallest absolute Gasteiger partial charge is 0.263 e. The predicted octanol–water partition coefficient (Wildman–Crippen LogP) is 2.41. The van der Waals surface area contributed by atoms with Crippen molar-refractivity contribution < 1.29 is 13.9 Å². The first-order valence-electron chi connectivity index (χ1n) is 10.3. The highest BCUT2D eigenvalue weighted by atomic mass is 32.1. The van der Waals surface area contributed by atoms with Crippen molar-refractivity contribution in [2.75, 3.05) is 30.3 Å². The Bertz CT molecular complexity index is 1160. The van der Waals surface area contributed by atoms with E-state index in [4.69, 9.17) is 16.2 Å². The lowest BCUT2D eigenvalue weighted by Crippen LogP contribution is -2.42. The third-order valence-corrected chi connectivity index (χ3v) is 7.00. The number of halogens is 1. The summed E-state index contributed by atoms with van der Waals surface area (Å²) in [5, 5.41) is 3.84. The summed E-state index contributed by atoms with van der Waals surface area (Å²) in [6.45, 7) is 3.05. The number of carbonyl (C=O) groups excluding carboxylic acids is 1. The standard InChI is InChI=1S/C22H24FN5O2S/c1-11-2-5-15-19(25)20(31-22(15)26-11)21(29)27-13-6-12-3-4-14(7-18(12)30-10-13)28-8-16(23)17(24)9-28/h2-5,7,13,16-17H,6,8-10,24-25H2,1H3,(H,27,29)/t13-,16+,17+/m1/s1. The van der Waals surface area contributed by atoms with E-state index in [1.54, 1.807) is 0 Å². The molecule has 1 saturated heterocycles. The van der Waals surface area contributed by atoms with E-state index in [-0.39, 0.29) is 11.9 Å². The lowest BCUT2D eigenvalue weighted by atomic mass is 10.0. The zero-order chi connectivity index (χ0) is 21.7. The molecule has 0 unspecified atom stereocenters. The molecule has 2 aromatic heterocycles. The van der Waals surface area contributed by atoms with E-state index in [1.165, 1.54) is 11.3 Å². The Hall–Kier alpha value is -2.91. The van der Waals surface area contributed by atoms with Crippen LogP contribution in [-0.2, 0) is 6.42 Å². The first-order valence-corrected chi connectivity index (χ1v) is 11.1. The summed E-state index contributed by atoms with van der Waals surface area (Å²) in [7, 11) is 0. The Morgan fingerprint density at radius 3 is 2.94 bits per heavy atom. The molecule has 31 heavy (non-hydrogen) atoms. The number of alkyl halides is 1. The van der Waals surface area contributed by atoms with Crippen molar-refractivity contribution in [2.24, 2.45) is 5.73 Å². The van der Waals surface area contributed by atoms with Crippen LogP contribution in [0, 0.1) is 6.92 Å². The molecule has 162 valence electrons. The van der Waals surface area contributed by atoms with Crippen LogP contribution in [0.25, 0.3) is 10.2 Å². The van der Waals surface area contributed by atoms with Gasteiger partial charge in [-0.3, -0.25) is 4.79 Å². The fourth-order valence-corrected chi connectivity index (χ4v) is 5.20. The van der Waals surface area contributed by atoms with E-state index in [0.29, 0.717) is 36.7 Å². The van der Waals surface area contributed by atoms with Gasteiger partial charge in [-0.1, -0.05) is 6.07 Å². The third kappa shape index (κ3) is 3.68. The van der Waals surface area contributed by atoms with Crippen LogP contribution in [0.1, 0.15) is 20.9 Å². The largest absolute Gasteiger partial charge is 0.491 e. The van der Waals surface area contributed by atoms with Crippen LogP contribution in [0.2, 0.25) is 0 Å². The Kier molecular flexibility index (Phi) is 4.94. The van der Waals surface area contributed by atoms with E-state index in [1.807, 2.05) is 42.2 Å². The fraction of sp³-hybridized carbons (Fsp3) is 0.364. The Morgan fingerprint density at radius 2 is 2.16 bits per heavy atom. The first kappa shape index (κ1) is 20.0. The quantitative estimate of drug-likeness (QED) is 0.576. The molecule has 3 aromatic rings. The van der Waals surface area contributed by atoms with Gasteiger partial charge < -0.3 is 26.4 Å². The van der Waals surface area contributed by atoms with Gasteiger partial charge in [-0.25, -0.2) is 9.37 Å². The number of nitrogens with zero attached hydrogens (tertiary/aromatic N) is 2. The third-order valence-electron chi connectivity index (χ3n) is 5.89. The van der Waals surface area contributed by atoms with Gasteiger partial charge in [0.25, 0.3) is 5.91 Å². The summed E-state index contributed by atoms with van der Waals surface area (Å²) in [4.78, 5) is 20.5. The zero-order valence-electron chi connectivity index (χ0n) is 17.1. The number of rotatable bonds is 3. The second-order valence-electron chi connectivity index (χ2n) is 8.21. The highest BCUT2D eigenvalue weighted by Crippen LogP contribution is 2.34. The number of hydrogen-bond donors (Lipinski definition) is 3. The molecule has 0 saturated carbocycles. The van der Waals surface area contributed by atoms with Crippen molar-refractivity contribution in [2.45, 2.75) is 31.6 Å². The summed E-state index contributed by atoms with van der Waals surface area (Å²) in [5.74, 6) is 0.548. The molecule has 5 N–H and O–H groups in total. The van der Waals surface area contributed by atoms with Crippen LogP contribution in [-0.4, -0.2) is 48.8 Å². The van der Waals surface area contributed by atoms with E-state index in [9.17, 15) is 9.18 Å². The minimum atomic E-state index is -1.02. The molecule has 1 aromatic carbocycles. The summed E-state index contributed by atoms with van der Waals surface area (Å²) in [5.41, 5.74) is 15.3. The van der Waals surface area contributed by atoms with Crippen molar-refractivity contribution in [3.05, 3.63) is 46.5 Å². The van der Waals surface area contributed by atoms with Gasteiger partial charge in [0.2, 0.25) is 0 Å². The monoisotopic (exact) mass is 441 g/mol. The molecule has 3 atom stereocenters. The maximum atomic E-state index is 13.8. The summed E-state index contributed by atoms with van der Waals surface area (Å²) < 4.78 is 19.7. The number of aryl methyl sites for hydroxylation is 1. The van der Waals surface area contributed by atoms with E-state index >= 15 is 0 Å². The molecule has 1 amide bonds. The lowest BCUT2D eigenvalue weighted by molar-refractivity contribution is 0.0920. The minimum Gasteiger partial charge on any atom is -0.491 e. The van der Waals surface area contributed by atoms with E-state index in [0.717, 1.165) is 32.9 Å². The molecular formula is C22H24FN5O2S. The number of ether oxygens (including phenoxy) is 1. The van der Waals surface area contributed by atoms with Crippen LogP contribution >= 0.6 is 11.3 Å². The second kappa shape index (κ2) is 7.65. The maximum absolute atomic E-state index is 13.8. The molecule has 0 radical (unpaired) electrons. The molecule has 2 aliphatic rings. The zero-order valence-corrected chi connectivity index (χ0v) is 17.9. The van der Waals surface area contributed by atoms with Crippen LogP contribution in [0.5, 0.6) is 5.75 Å². The summed E-state index contributed by atoms with van der Waals surface area (Å²) in [6, 6.07) is 9.01. The molecule has 0 bridgehead atoms. The number of nitrogens with two attached hydrogens (primary N) is 2. The average molecular weight is 442 g/mol. The second-order valence-corrected chi connectivity index (χ2v) is 9.21. The van der Waals surface area contributed by atoms with Gasteiger partial charge in [-0.2, -0.15) is 0 Å². The van der Waals surface area contributed by atoms with Crippen molar-refractivity contribution in [1.82, 2.24) is 10.3 Å². The molecule has 7 nitrogen and oxygen atoms in total. The molecule has 0 aliphatic carbocycles. The highest BCUT2D eigenvalue weighted by Gasteiger charge is 2.31. The predicted molar refractivity (Wildman–Crippen MR) is 121 cm³/mol. The van der Waals surface area contributed by atoms with Crippen molar-refractivity contribution >= 4 is 38.8 Å². The first-order chi connectivity index (χ1) is 14.9. The minimum absolute atomic E-state index is 0.166. The molecule has 1 fully saturated rings. The molecule has 5 rings (SSSR count). The van der Waals surface area contributed by atoms with Gasteiger partial charge in [0.05, 0.1) is 24.3 Å². The van der Waals surface area contributed by atoms with E-state index < -0.39 is 12.2 Å². The van der Waals surface area contributed by atoms with Crippen LogP contribution in [0.3, 0.4) is 0 Å². The molecule has 0 spiro atoms. The number of amides is 1. The van der Waals surface area contributed by atoms with Crippen molar-refractivity contribution in [3.63, 3.8) is 0 Å². The fourth-order valence-electron chi connectivity index (χ4n) is 4.16. The van der Waals surface area contributed by atoms with Crippen LogP contribution < -0.4 is 26.4 Å². The normalized spacial score (nSPS) is 22.9. The lowest BCUT2D eigenvalue weighted by Gasteiger charge is -2.28. The molecule has 4 heterocycles. The van der Waals surface area contributed by atoms with E-state index in [2.05, 4.69) is 10.3 Å². The van der Waals surface area contributed by atoms with Gasteiger partial charge in [0, 0.05) is 29.4 Å². The molecule has 9 heteroatoms. The summed E-state index contributed by atoms with van der Waals surface area (Å²) >= 11 is 1.30.